The van der Waals surface area contributed by atoms with E-state index in [0.29, 0.717) is 5.69 Å². The molecule has 0 saturated carbocycles. The predicted molar refractivity (Wildman–Crippen MR) is 68.5 cm³/mol. The van der Waals surface area contributed by atoms with Crippen molar-refractivity contribution < 1.29 is 8.42 Å². The van der Waals surface area contributed by atoms with Gasteiger partial charge < -0.3 is 5.73 Å². The Morgan fingerprint density at radius 2 is 1.83 bits per heavy atom. The second kappa shape index (κ2) is 4.61. The number of nitrogen functional groups attached to an aromatic ring is 1. The average Bonchev–Trinajstić information content (AvgIpc) is 2.39. The molecule has 0 radical (unpaired) electrons. The lowest BCUT2D eigenvalue weighted by atomic mass is 10.4. The molecule has 94 valence electrons. The summed E-state index contributed by atoms with van der Waals surface area (Å²) < 4.78 is 25.8. The van der Waals surface area contributed by atoms with Crippen molar-refractivity contribution in [3.63, 3.8) is 0 Å². The number of sulfonamides is 1. The van der Waals surface area contributed by atoms with E-state index in [1.165, 1.54) is 31.7 Å². The van der Waals surface area contributed by atoms with E-state index in [2.05, 4.69) is 9.97 Å². The largest absolute Gasteiger partial charge is 0.396 e. The van der Waals surface area contributed by atoms with E-state index in [-0.39, 0.29) is 10.7 Å². The van der Waals surface area contributed by atoms with Crippen molar-refractivity contribution in [2.24, 2.45) is 0 Å². The molecule has 6 nitrogen and oxygen atoms in total. The Bertz CT molecular complexity index is 643. The summed E-state index contributed by atoms with van der Waals surface area (Å²) in [6, 6.07) is 6.27. The van der Waals surface area contributed by atoms with E-state index in [9.17, 15) is 8.42 Å². The third kappa shape index (κ3) is 2.12. The molecule has 2 rings (SSSR count). The lowest BCUT2D eigenvalue weighted by molar-refractivity contribution is 0.591. The molecule has 0 unspecified atom stereocenters. The van der Waals surface area contributed by atoms with E-state index in [1.54, 1.807) is 18.2 Å². The van der Waals surface area contributed by atoms with Crippen LogP contribution in [-0.2, 0) is 10.0 Å². The van der Waals surface area contributed by atoms with Crippen LogP contribution in [0.4, 0.5) is 11.4 Å². The highest BCUT2D eigenvalue weighted by Crippen LogP contribution is 2.22. The number of hydrogen-bond donors (Lipinski definition) is 1. The van der Waals surface area contributed by atoms with E-state index in [1.807, 2.05) is 0 Å². The van der Waals surface area contributed by atoms with Crippen LogP contribution < -0.4 is 10.0 Å². The summed E-state index contributed by atoms with van der Waals surface area (Å²) in [5, 5.41) is -0.149. The minimum absolute atomic E-state index is 0.124. The van der Waals surface area contributed by atoms with Gasteiger partial charge in [0.1, 0.15) is 0 Å². The van der Waals surface area contributed by atoms with Gasteiger partial charge in [-0.25, -0.2) is 4.98 Å². The van der Waals surface area contributed by atoms with Gasteiger partial charge in [-0.3, -0.25) is 9.29 Å². The van der Waals surface area contributed by atoms with Crippen molar-refractivity contribution in [2.75, 3.05) is 17.1 Å². The lowest BCUT2D eigenvalue weighted by Gasteiger charge is -2.19. The molecule has 0 saturated heterocycles. The van der Waals surface area contributed by atoms with Gasteiger partial charge in [0.25, 0.3) is 10.0 Å². The van der Waals surface area contributed by atoms with Crippen LogP contribution in [0.25, 0.3) is 0 Å². The molecule has 0 aromatic carbocycles. The highest BCUT2D eigenvalue weighted by Gasteiger charge is 2.24. The Morgan fingerprint density at radius 1 is 1.17 bits per heavy atom. The van der Waals surface area contributed by atoms with Crippen molar-refractivity contribution in [1.29, 1.82) is 0 Å². The number of anilines is 2. The summed E-state index contributed by atoms with van der Waals surface area (Å²) >= 11 is 0. The zero-order valence-corrected chi connectivity index (χ0v) is 10.5. The molecule has 18 heavy (non-hydrogen) atoms. The van der Waals surface area contributed by atoms with E-state index >= 15 is 0 Å². The molecule has 2 N–H and O–H groups in total. The van der Waals surface area contributed by atoms with Crippen LogP contribution in [0.15, 0.2) is 47.9 Å². The van der Waals surface area contributed by atoms with Crippen LogP contribution in [-0.4, -0.2) is 25.4 Å². The van der Waals surface area contributed by atoms with Gasteiger partial charge in [0.05, 0.1) is 11.4 Å². The fraction of sp³-hybridized carbons (Fsp3) is 0.0909. The summed E-state index contributed by atoms with van der Waals surface area (Å²) in [7, 11) is -2.31. The molecule has 0 spiro atoms. The first-order valence-corrected chi connectivity index (χ1v) is 6.57. The van der Waals surface area contributed by atoms with Gasteiger partial charge in [0, 0.05) is 25.6 Å². The quantitative estimate of drug-likeness (QED) is 0.889. The summed E-state index contributed by atoms with van der Waals surface area (Å²) in [5.41, 5.74) is 6.26. The molecule has 0 bridgehead atoms. The summed E-state index contributed by atoms with van der Waals surface area (Å²) in [6.07, 6.45) is 4.43. The lowest BCUT2D eigenvalue weighted by Crippen LogP contribution is -2.28. The molecule has 7 heteroatoms. The zero-order chi connectivity index (χ0) is 13.2. The number of nitrogens with zero attached hydrogens (tertiary/aromatic N) is 3. The number of nitrogens with two attached hydrogens (primary N) is 1. The molecule has 0 atom stereocenters. The molecular weight excluding hydrogens is 252 g/mol. The summed E-state index contributed by atoms with van der Waals surface area (Å²) in [4.78, 5) is 7.66. The Balaban J connectivity index is 2.48. The van der Waals surface area contributed by atoms with Crippen molar-refractivity contribution in [2.45, 2.75) is 5.03 Å². The highest BCUT2D eigenvalue weighted by atomic mass is 32.2. The Labute approximate surface area is 105 Å². The van der Waals surface area contributed by atoms with Crippen LogP contribution in [0.2, 0.25) is 0 Å². The number of aromatic nitrogens is 2. The maximum absolute atomic E-state index is 12.3. The third-order valence-electron chi connectivity index (χ3n) is 2.43. The molecule has 0 aliphatic carbocycles. The second-order valence-electron chi connectivity index (χ2n) is 3.58. The Hall–Kier alpha value is -2.15. The summed E-state index contributed by atoms with van der Waals surface area (Å²) in [5.74, 6) is 0. The van der Waals surface area contributed by atoms with Crippen LogP contribution in [0.3, 0.4) is 0 Å². The molecular formula is C11H12N4O2S. The molecule has 0 aliphatic rings. The van der Waals surface area contributed by atoms with Gasteiger partial charge in [-0.1, -0.05) is 0 Å². The first-order valence-electron chi connectivity index (χ1n) is 5.13. The van der Waals surface area contributed by atoms with Crippen LogP contribution >= 0.6 is 0 Å². The molecule has 0 fully saturated rings. The molecule has 2 heterocycles. The minimum atomic E-state index is -3.75. The topological polar surface area (TPSA) is 89.2 Å². The normalized spacial score (nSPS) is 11.2. The van der Waals surface area contributed by atoms with Crippen LogP contribution in [0.5, 0.6) is 0 Å². The van der Waals surface area contributed by atoms with Gasteiger partial charge >= 0.3 is 0 Å². The zero-order valence-electron chi connectivity index (χ0n) is 9.69. The second-order valence-corrected chi connectivity index (χ2v) is 5.46. The maximum Gasteiger partial charge on any atom is 0.283 e. The summed E-state index contributed by atoms with van der Waals surface area (Å²) in [6.45, 7) is 0. The molecule has 2 aromatic heterocycles. The van der Waals surface area contributed by atoms with Crippen molar-refractivity contribution in [1.82, 2.24) is 9.97 Å². The average molecular weight is 264 g/mol. The molecule has 0 amide bonds. The van der Waals surface area contributed by atoms with Crippen molar-refractivity contribution in [3.05, 3.63) is 42.9 Å². The standard InChI is InChI=1S/C11H12N4O2S/c1-15(9-4-7-13-8-5-9)18(16,17)11-10(12)3-2-6-14-11/h2-8H,12H2,1H3. The predicted octanol–water partition coefficient (Wildman–Crippen LogP) is 0.884. The smallest absolute Gasteiger partial charge is 0.283 e. The van der Waals surface area contributed by atoms with E-state index < -0.39 is 10.0 Å². The number of pyridine rings is 2. The highest BCUT2D eigenvalue weighted by molar-refractivity contribution is 7.92. The Kier molecular flexibility index (Phi) is 3.15. The SMILES string of the molecule is CN(c1ccncc1)S(=O)(=O)c1ncccc1N. The number of rotatable bonds is 3. The van der Waals surface area contributed by atoms with Gasteiger partial charge in [0.15, 0.2) is 5.03 Å². The third-order valence-corrected chi connectivity index (χ3v) is 4.19. The fourth-order valence-electron chi connectivity index (χ4n) is 1.44. The minimum Gasteiger partial charge on any atom is -0.396 e. The first-order chi connectivity index (χ1) is 8.53. The maximum atomic E-state index is 12.3. The first kappa shape index (κ1) is 12.3. The van der Waals surface area contributed by atoms with Crippen LogP contribution in [0, 0.1) is 0 Å². The molecule has 2 aromatic rings. The van der Waals surface area contributed by atoms with E-state index in [0.717, 1.165) is 4.31 Å². The monoisotopic (exact) mass is 264 g/mol. The van der Waals surface area contributed by atoms with Gasteiger partial charge in [-0.2, -0.15) is 8.42 Å². The van der Waals surface area contributed by atoms with Crippen LogP contribution in [0.1, 0.15) is 0 Å². The van der Waals surface area contributed by atoms with Gasteiger partial charge in [-0.15, -0.1) is 0 Å². The van der Waals surface area contributed by atoms with Gasteiger partial charge in [0.2, 0.25) is 0 Å². The Morgan fingerprint density at radius 3 is 2.44 bits per heavy atom. The van der Waals surface area contributed by atoms with Gasteiger partial charge in [-0.05, 0) is 24.3 Å². The number of hydrogen-bond acceptors (Lipinski definition) is 5. The van der Waals surface area contributed by atoms with Crippen molar-refractivity contribution in [3.8, 4) is 0 Å². The van der Waals surface area contributed by atoms with E-state index in [4.69, 9.17) is 5.73 Å². The fourth-order valence-corrected chi connectivity index (χ4v) is 2.66. The van der Waals surface area contributed by atoms with Crippen molar-refractivity contribution >= 4 is 21.4 Å². The molecule has 0 aliphatic heterocycles.